The van der Waals surface area contributed by atoms with Crippen molar-refractivity contribution in [2.75, 3.05) is 37.7 Å². The minimum atomic E-state index is -0.662. The summed E-state index contributed by atoms with van der Waals surface area (Å²) in [5, 5.41) is 0. The molecule has 1 aromatic carbocycles. The van der Waals surface area contributed by atoms with E-state index in [9.17, 15) is 19.2 Å². The van der Waals surface area contributed by atoms with E-state index in [-0.39, 0.29) is 30.7 Å². The van der Waals surface area contributed by atoms with Gasteiger partial charge in [-0.3, -0.25) is 24.2 Å². The normalized spacial score (nSPS) is 24.2. The lowest BCUT2D eigenvalue weighted by atomic mass is 9.83. The fourth-order valence-corrected chi connectivity index (χ4v) is 5.38. The largest absolute Gasteiger partial charge is 0.462 e. The van der Waals surface area contributed by atoms with Crippen LogP contribution in [0.4, 0.5) is 5.69 Å². The van der Waals surface area contributed by atoms with Crippen LogP contribution in [0.1, 0.15) is 55.8 Å². The molecule has 3 fully saturated rings. The molecule has 1 atom stereocenters. The predicted molar refractivity (Wildman–Crippen MR) is 121 cm³/mol. The van der Waals surface area contributed by atoms with Gasteiger partial charge in [0.2, 0.25) is 11.8 Å². The monoisotopic (exact) mass is 456 g/mol. The summed E-state index contributed by atoms with van der Waals surface area (Å²) in [6.45, 7) is 4.83. The summed E-state index contributed by atoms with van der Waals surface area (Å²) in [4.78, 5) is 55.7. The molecule has 3 aliphatic heterocycles. The number of carbonyl (C=O) groups excluding carboxylic acids is 4. The number of benzene rings is 1. The first kappa shape index (κ1) is 23.4. The number of hydrogen-bond acceptors (Lipinski definition) is 7. The Labute approximate surface area is 193 Å². The van der Waals surface area contributed by atoms with Gasteiger partial charge in [-0.25, -0.2) is 9.69 Å². The Morgan fingerprint density at radius 1 is 1.03 bits per heavy atom. The van der Waals surface area contributed by atoms with Gasteiger partial charge in [0.05, 0.1) is 30.3 Å². The molecule has 0 bridgehead atoms. The molecular formula is C24H32N4O5. The quantitative estimate of drug-likeness (QED) is 0.507. The first-order valence-corrected chi connectivity index (χ1v) is 11.8. The van der Waals surface area contributed by atoms with E-state index in [0.717, 1.165) is 25.9 Å². The smallest absolute Gasteiger partial charge is 0.338 e. The van der Waals surface area contributed by atoms with E-state index in [1.54, 1.807) is 31.2 Å². The molecule has 9 nitrogen and oxygen atoms in total. The fraction of sp³-hybridized carbons (Fsp3) is 0.583. The molecule has 0 unspecified atom stereocenters. The number of imide groups is 1. The van der Waals surface area contributed by atoms with Crippen LogP contribution in [-0.2, 0) is 19.1 Å². The number of primary amides is 1. The average Bonchev–Trinajstić information content (AvgIpc) is 3.13. The molecule has 4 rings (SSSR count). The summed E-state index contributed by atoms with van der Waals surface area (Å²) in [7, 11) is 0. The summed E-state index contributed by atoms with van der Waals surface area (Å²) in [5.41, 5.74) is 6.02. The third-order valence-electron chi connectivity index (χ3n) is 7.25. The van der Waals surface area contributed by atoms with Crippen LogP contribution in [0.2, 0.25) is 0 Å². The molecule has 33 heavy (non-hydrogen) atoms. The van der Waals surface area contributed by atoms with Gasteiger partial charge in [0.25, 0.3) is 5.91 Å². The van der Waals surface area contributed by atoms with Crippen molar-refractivity contribution in [3.63, 3.8) is 0 Å². The van der Waals surface area contributed by atoms with Crippen LogP contribution >= 0.6 is 0 Å². The highest BCUT2D eigenvalue weighted by atomic mass is 16.5. The number of carbonyl (C=O) groups is 4. The van der Waals surface area contributed by atoms with E-state index in [2.05, 4.69) is 4.90 Å². The highest BCUT2D eigenvalue weighted by molar-refractivity contribution is 6.22. The zero-order valence-corrected chi connectivity index (χ0v) is 19.1. The molecule has 1 aromatic rings. The summed E-state index contributed by atoms with van der Waals surface area (Å²) < 4.78 is 4.98. The van der Waals surface area contributed by atoms with E-state index < -0.39 is 17.6 Å². The summed E-state index contributed by atoms with van der Waals surface area (Å²) in [6, 6.07) is 5.75. The Bertz CT molecular complexity index is 917. The Kier molecular flexibility index (Phi) is 6.81. The van der Waals surface area contributed by atoms with Crippen LogP contribution in [-0.4, -0.2) is 77.9 Å². The number of nitrogens with zero attached hydrogens (tertiary/aromatic N) is 3. The van der Waals surface area contributed by atoms with E-state index in [1.807, 2.05) is 4.90 Å². The molecule has 9 heteroatoms. The minimum Gasteiger partial charge on any atom is -0.462 e. The fourth-order valence-electron chi connectivity index (χ4n) is 5.38. The summed E-state index contributed by atoms with van der Waals surface area (Å²) in [6.07, 6.45) is 4.54. The Morgan fingerprint density at radius 2 is 1.67 bits per heavy atom. The predicted octanol–water partition coefficient (Wildman–Crippen LogP) is 1.30. The van der Waals surface area contributed by atoms with Gasteiger partial charge in [-0.05, 0) is 70.0 Å². The molecule has 0 aromatic heterocycles. The van der Waals surface area contributed by atoms with E-state index in [4.69, 9.17) is 10.5 Å². The lowest BCUT2D eigenvalue weighted by Gasteiger charge is -2.48. The van der Waals surface area contributed by atoms with Crippen molar-refractivity contribution < 1.29 is 23.9 Å². The Balaban J connectivity index is 1.44. The van der Waals surface area contributed by atoms with Gasteiger partial charge < -0.3 is 10.5 Å². The number of piperidine rings is 2. The number of ether oxygens (including phenoxy) is 1. The van der Waals surface area contributed by atoms with Crippen molar-refractivity contribution >= 4 is 29.4 Å². The number of esters is 1. The lowest BCUT2D eigenvalue weighted by molar-refractivity contribution is -0.136. The van der Waals surface area contributed by atoms with E-state index in [1.165, 1.54) is 11.3 Å². The number of nitrogens with two attached hydrogens (primary N) is 1. The summed E-state index contributed by atoms with van der Waals surface area (Å²) >= 11 is 0. The van der Waals surface area contributed by atoms with Crippen LogP contribution in [0, 0.1) is 0 Å². The zero-order valence-electron chi connectivity index (χ0n) is 19.1. The van der Waals surface area contributed by atoms with Crippen molar-refractivity contribution in [2.45, 2.75) is 57.0 Å². The topological polar surface area (TPSA) is 113 Å². The second-order valence-corrected chi connectivity index (χ2v) is 9.03. The molecule has 178 valence electrons. The maximum Gasteiger partial charge on any atom is 0.338 e. The molecule has 0 saturated carbocycles. The number of hydrogen-bond donors (Lipinski definition) is 1. The second kappa shape index (κ2) is 9.61. The van der Waals surface area contributed by atoms with Crippen LogP contribution in [0.3, 0.4) is 0 Å². The Hall–Kier alpha value is -2.78. The molecule has 0 spiro atoms. The standard InChI is InChI=1S/C24H32N4O5/c1-2-33-22(31)17-6-8-18(9-7-17)28-20(29)16-19(21(28)30)26-14-10-24(11-15-26,23(25)32)27-12-4-3-5-13-27/h6-9,19H,2-5,10-16H2,1H3,(H2,25,32)/t19-/m1/s1. The van der Waals surface area contributed by atoms with Gasteiger partial charge in [-0.15, -0.1) is 0 Å². The van der Waals surface area contributed by atoms with Gasteiger partial charge in [-0.2, -0.15) is 0 Å². The number of amides is 3. The van der Waals surface area contributed by atoms with E-state index >= 15 is 0 Å². The van der Waals surface area contributed by atoms with Gasteiger partial charge in [-0.1, -0.05) is 6.42 Å². The molecule has 3 saturated heterocycles. The third kappa shape index (κ3) is 4.39. The average molecular weight is 457 g/mol. The second-order valence-electron chi connectivity index (χ2n) is 9.03. The third-order valence-corrected chi connectivity index (χ3v) is 7.25. The maximum atomic E-state index is 13.2. The molecule has 0 radical (unpaired) electrons. The maximum absolute atomic E-state index is 13.2. The molecule has 3 heterocycles. The van der Waals surface area contributed by atoms with Crippen LogP contribution in [0.15, 0.2) is 24.3 Å². The van der Waals surface area contributed by atoms with Crippen molar-refractivity contribution in [3.8, 4) is 0 Å². The van der Waals surface area contributed by atoms with Gasteiger partial charge in [0.15, 0.2) is 0 Å². The van der Waals surface area contributed by atoms with Gasteiger partial charge in [0, 0.05) is 13.1 Å². The molecular weight excluding hydrogens is 424 g/mol. The lowest BCUT2D eigenvalue weighted by Crippen LogP contribution is -2.64. The minimum absolute atomic E-state index is 0.103. The van der Waals surface area contributed by atoms with Gasteiger partial charge >= 0.3 is 5.97 Å². The zero-order chi connectivity index (χ0) is 23.6. The number of anilines is 1. The number of rotatable bonds is 6. The van der Waals surface area contributed by atoms with Crippen LogP contribution in [0.5, 0.6) is 0 Å². The highest BCUT2D eigenvalue weighted by Crippen LogP contribution is 2.34. The van der Waals surface area contributed by atoms with Crippen molar-refractivity contribution in [3.05, 3.63) is 29.8 Å². The molecule has 3 amide bonds. The first-order chi connectivity index (χ1) is 15.9. The van der Waals surface area contributed by atoms with Gasteiger partial charge in [0.1, 0.15) is 5.54 Å². The van der Waals surface area contributed by atoms with Crippen LogP contribution in [0.25, 0.3) is 0 Å². The van der Waals surface area contributed by atoms with Crippen LogP contribution < -0.4 is 10.6 Å². The van der Waals surface area contributed by atoms with Crippen molar-refractivity contribution in [2.24, 2.45) is 5.73 Å². The Morgan fingerprint density at radius 3 is 2.24 bits per heavy atom. The molecule has 2 N–H and O–H groups in total. The SMILES string of the molecule is CCOC(=O)c1ccc(N2C(=O)C[C@@H](N3CCC(C(N)=O)(N4CCCCC4)CC3)C2=O)cc1. The summed E-state index contributed by atoms with van der Waals surface area (Å²) in [5.74, 6) is -1.27. The van der Waals surface area contributed by atoms with Crippen molar-refractivity contribution in [1.29, 1.82) is 0 Å². The van der Waals surface area contributed by atoms with E-state index in [0.29, 0.717) is 37.2 Å². The first-order valence-electron chi connectivity index (χ1n) is 11.8. The molecule has 3 aliphatic rings. The van der Waals surface area contributed by atoms with Crippen molar-refractivity contribution in [1.82, 2.24) is 9.80 Å². The molecule has 0 aliphatic carbocycles. The number of likely N-dealkylation sites (tertiary alicyclic amines) is 2. The highest BCUT2D eigenvalue weighted by Gasteiger charge is 2.49.